The molecule has 0 saturated heterocycles. The van der Waals surface area contributed by atoms with Crippen molar-refractivity contribution in [3.8, 4) is 5.69 Å². The van der Waals surface area contributed by atoms with Gasteiger partial charge in [-0.25, -0.2) is 4.39 Å². The Morgan fingerprint density at radius 2 is 2.00 bits per heavy atom. The van der Waals surface area contributed by atoms with Crippen molar-refractivity contribution >= 4 is 15.9 Å². The number of benzene rings is 1. The van der Waals surface area contributed by atoms with Crippen LogP contribution in [0, 0.1) is 5.82 Å². The molecule has 0 aliphatic carbocycles. The molecule has 76 valence electrons. The summed E-state index contributed by atoms with van der Waals surface area (Å²) in [6.45, 7) is 0. The van der Waals surface area contributed by atoms with Gasteiger partial charge in [-0.2, -0.15) is 9.78 Å². The van der Waals surface area contributed by atoms with Crippen molar-refractivity contribution in [2.45, 2.75) is 0 Å². The summed E-state index contributed by atoms with van der Waals surface area (Å²) in [6, 6.07) is 7.50. The molecule has 0 saturated carbocycles. The van der Waals surface area contributed by atoms with Crippen molar-refractivity contribution in [2.24, 2.45) is 0 Å². The second-order valence-corrected chi connectivity index (χ2v) is 3.70. The molecule has 0 unspecified atom stereocenters. The third kappa shape index (κ3) is 1.83. The van der Waals surface area contributed by atoms with Crippen molar-refractivity contribution in [2.75, 3.05) is 0 Å². The second kappa shape index (κ2) is 3.94. The van der Waals surface area contributed by atoms with Gasteiger partial charge in [0.05, 0.1) is 4.47 Å². The van der Waals surface area contributed by atoms with Crippen LogP contribution in [0.25, 0.3) is 5.69 Å². The molecule has 0 bridgehead atoms. The summed E-state index contributed by atoms with van der Waals surface area (Å²) in [7, 11) is 0. The van der Waals surface area contributed by atoms with Crippen LogP contribution in [0.15, 0.2) is 45.8 Å². The molecule has 0 spiro atoms. The van der Waals surface area contributed by atoms with Gasteiger partial charge in [0.15, 0.2) is 0 Å². The molecule has 2 aromatic rings. The smallest absolute Gasteiger partial charge is 0.266 e. The second-order valence-electron chi connectivity index (χ2n) is 2.85. The zero-order valence-electron chi connectivity index (χ0n) is 7.52. The van der Waals surface area contributed by atoms with E-state index in [1.165, 1.54) is 24.4 Å². The van der Waals surface area contributed by atoms with Crippen LogP contribution in [0.5, 0.6) is 0 Å². The molecule has 1 aromatic heterocycles. The number of hydrogen-bond acceptors (Lipinski definition) is 2. The number of halogens is 2. The van der Waals surface area contributed by atoms with E-state index in [4.69, 9.17) is 0 Å². The van der Waals surface area contributed by atoms with E-state index in [1.807, 2.05) is 0 Å². The normalized spacial score (nSPS) is 10.3. The molecule has 0 atom stereocenters. The number of nitrogens with zero attached hydrogens (tertiary/aromatic N) is 2. The quantitative estimate of drug-likeness (QED) is 0.794. The zero-order chi connectivity index (χ0) is 10.8. The highest BCUT2D eigenvalue weighted by molar-refractivity contribution is 9.10. The molecule has 1 heterocycles. The molecular formula is C10H6BrFN2O. The maximum absolute atomic E-state index is 13.4. The largest absolute Gasteiger partial charge is 0.285 e. The predicted molar refractivity (Wildman–Crippen MR) is 57.5 cm³/mol. The van der Waals surface area contributed by atoms with E-state index < -0.39 is 5.82 Å². The third-order valence-corrected chi connectivity index (χ3v) is 2.48. The Bertz CT molecular complexity index is 553. The van der Waals surface area contributed by atoms with E-state index in [1.54, 1.807) is 12.1 Å². The lowest BCUT2D eigenvalue weighted by molar-refractivity contribution is 0.605. The molecule has 0 fully saturated rings. The van der Waals surface area contributed by atoms with Crippen LogP contribution in [-0.2, 0) is 0 Å². The molecule has 0 amide bonds. The van der Waals surface area contributed by atoms with Gasteiger partial charge in [-0.1, -0.05) is 12.1 Å². The summed E-state index contributed by atoms with van der Waals surface area (Å²) < 4.78 is 14.7. The Morgan fingerprint density at radius 3 is 2.73 bits per heavy atom. The van der Waals surface area contributed by atoms with E-state index in [2.05, 4.69) is 21.0 Å². The van der Waals surface area contributed by atoms with Crippen LogP contribution in [0.3, 0.4) is 0 Å². The highest BCUT2D eigenvalue weighted by Crippen LogP contribution is 2.10. The highest BCUT2D eigenvalue weighted by Gasteiger charge is 2.07. The minimum absolute atomic E-state index is 0.142. The minimum atomic E-state index is -0.481. The molecule has 5 heteroatoms. The van der Waals surface area contributed by atoms with Crippen molar-refractivity contribution in [3.05, 3.63) is 57.2 Å². The van der Waals surface area contributed by atoms with Gasteiger partial charge >= 0.3 is 0 Å². The van der Waals surface area contributed by atoms with Crippen LogP contribution < -0.4 is 5.56 Å². The van der Waals surface area contributed by atoms with Crippen LogP contribution >= 0.6 is 15.9 Å². The summed E-state index contributed by atoms with van der Waals surface area (Å²) >= 11 is 3.07. The Morgan fingerprint density at radius 1 is 1.27 bits per heavy atom. The molecule has 3 nitrogen and oxygen atoms in total. The van der Waals surface area contributed by atoms with E-state index in [0.717, 1.165) is 4.68 Å². The number of aromatic nitrogens is 2. The van der Waals surface area contributed by atoms with Crippen LogP contribution in [0.4, 0.5) is 4.39 Å². The van der Waals surface area contributed by atoms with E-state index in [9.17, 15) is 9.18 Å². The SMILES string of the molecule is O=c1c(Br)ccnn1-c1ccccc1F. The molecule has 0 radical (unpaired) electrons. The monoisotopic (exact) mass is 268 g/mol. The summed E-state index contributed by atoms with van der Waals surface area (Å²) in [6.07, 6.45) is 1.43. The Hall–Kier alpha value is -1.49. The fourth-order valence-corrected chi connectivity index (χ4v) is 1.47. The molecule has 2 rings (SSSR count). The maximum Gasteiger partial charge on any atom is 0.285 e. The van der Waals surface area contributed by atoms with Crippen molar-refractivity contribution in [1.82, 2.24) is 9.78 Å². The molecule has 0 aliphatic rings. The summed E-state index contributed by atoms with van der Waals surface area (Å²) in [5.41, 5.74) is -0.244. The first kappa shape index (κ1) is 10.0. The highest BCUT2D eigenvalue weighted by atomic mass is 79.9. The molecule has 1 aromatic carbocycles. The lowest BCUT2D eigenvalue weighted by atomic mass is 10.3. The summed E-state index contributed by atoms with van der Waals surface area (Å²) in [5.74, 6) is -0.481. The summed E-state index contributed by atoms with van der Waals surface area (Å²) in [4.78, 5) is 11.6. The van der Waals surface area contributed by atoms with Gasteiger partial charge in [0.2, 0.25) is 0 Å². The standard InChI is InChI=1S/C10H6BrFN2O/c11-7-5-6-13-14(10(7)15)9-4-2-1-3-8(9)12/h1-6H. The molecule has 0 N–H and O–H groups in total. The Balaban J connectivity index is 2.70. The fourth-order valence-electron chi connectivity index (χ4n) is 1.19. The fraction of sp³-hybridized carbons (Fsp3) is 0. The Labute approximate surface area is 93.3 Å². The first-order valence-electron chi connectivity index (χ1n) is 4.19. The van der Waals surface area contributed by atoms with Gasteiger partial charge in [0.25, 0.3) is 5.56 Å². The lowest BCUT2D eigenvalue weighted by Gasteiger charge is -2.04. The zero-order valence-corrected chi connectivity index (χ0v) is 9.11. The van der Waals surface area contributed by atoms with Gasteiger partial charge in [0, 0.05) is 6.20 Å². The lowest BCUT2D eigenvalue weighted by Crippen LogP contribution is -2.21. The van der Waals surface area contributed by atoms with Crippen molar-refractivity contribution < 1.29 is 4.39 Å². The minimum Gasteiger partial charge on any atom is -0.266 e. The van der Waals surface area contributed by atoms with Crippen LogP contribution in [-0.4, -0.2) is 9.78 Å². The van der Waals surface area contributed by atoms with Gasteiger partial charge < -0.3 is 0 Å². The average molecular weight is 269 g/mol. The van der Waals surface area contributed by atoms with Crippen molar-refractivity contribution in [1.29, 1.82) is 0 Å². The molecular weight excluding hydrogens is 263 g/mol. The van der Waals surface area contributed by atoms with Crippen molar-refractivity contribution in [3.63, 3.8) is 0 Å². The van der Waals surface area contributed by atoms with Crippen LogP contribution in [0.2, 0.25) is 0 Å². The van der Waals surface area contributed by atoms with Gasteiger partial charge in [-0.15, -0.1) is 0 Å². The summed E-state index contributed by atoms with van der Waals surface area (Å²) in [5, 5.41) is 3.80. The van der Waals surface area contributed by atoms with E-state index in [0.29, 0.717) is 4.47 Å². The number of hydrogen-bond donors (Lipinski definition) is 0. The third-order valence-electron chi connectivity index (χ3n) is 1.88. The average Bonchev–Trinajstić information content (AvgIpc) is 2.23. The molecule has 0 aliphatic heterocycles. The number of rotatable bonds is 1. The topological polar surface area (TPSA) is 34.9 Å². The first-order valence-corrected chi connectivity index (χ1v) is 4.98. The maximum atomic E-state index is 13.4. The van der Waals surface area contributed by atoms with E-state index in [-0.39, 0.29) is 11.2 Å². The first-order chi connectivity index (χ1) is 7.20. The van der Waals surface area contributed by atoms with Gasteiger partial charge in [0.1, 0.15) is 11.5 Å². The van der Waals surface area contributed by atoms with E-state index >= 15 is 0 Å². The molecule has 15 heavy (non-hydrogen) atoms. The van der Waals surface area contributed by atoms with Gasteiger partial charge in [-0.3, -0.25) is 4.79 Å². The predicted octanol–water partition coefficient (Wildman–Crippen LogP) is 2.13. The number of para-hydroxylation sites is 1. The van der Waals surface area contributed by atoms with Gasteiger partial charge in [-0.05, 0) is 34.1 Å². The van der Waals surface area contributed by atoms with Crippen LogP contribution in [0.1, 0.15) is 0 Å². The Kier molecular flexibility index (Phi) is 2.64.